The molecule has 1 N–H and O–H groups in total. The maximum atomic E-state index is 11.8. The molecule has 9 heteroatoms. The van der Waals surface area contributed by atoms with Gasteiger partial charge in [0.25, 0.3) is 0 Å². The molecule has 0 aromatic carbocycles. The minimum atomic E-state index is -1.24. The number of aromatic nitrogens is 2. The van der Waals surface area contributed by atoms with E-state index >= 15 is 0 Å². The molecular weight excluding hydrogens is 258 g/mol. The van der Waals surface area contributed by atoms with Gasteiger partial charge in [0.15, 0.2) is 0 Å². The molecule has 0 saturated heterocycles. The fourth-order valence-electron chi connectivity index (χ4n) is 1.41. The van der Waals surface area contributed by atoms with Crippen LogP contribution in [0, 0.1) is 10.1 Å². The third-order valence-electron chi connectivity index (χ3n) is 2.30. The van der Waals surface area contributed by atoms with E-state index < -0.39 is 27.8 Å². The van der Waals surface area contributed by atoms with Crippen LogP contribution in [0.1, 0.15) is 6.92 Å². The van der Waals surface area contributed by atoms with Crippen LogP contribution in [0.5, 0.6) is 0 Å². The number of allylic oxidation sites excluding steroid dienone is 1. The van der Waals surface area contributed by atoms with Gasteiger partial charge in [-0.1, -0.05) is 6.08 Å². The molecule has 1 heterocycles. The number of carboxylic acids is 1. The SMILES string of the molecule is CCn1cc([N+](=O)[O-])c(=O)n(C/C=C/C(=O)O)c1=O. The highest BCUT2D eigenvalue weighted by Crippen LogP contribution is 2.00. The van der Waals surface area contributed by atoms with Crippen molar-refractivity contribution in [1.29, 1.82) is 0 Å². The second-order valence-electron chi connectivity index (χ2n) is 3.50. The maximum absolute atomic E-state index is 11.8. The molecule has 1 aromatic heterocycles. The van der Waals surface area contributed by atoms with Crippen LogP contribution in [-0.4, -0.2) is 25.1 Å². The van der Waals surface area contributed by atoms with Gasteiger partial charge in [-0.15, -0.1) is 0 Å². The molecule has 19 heavy (non-hydrogen) atoms. The molecule has 0 atom stereocenters. The molecule has 0 bridgehead atoms. The van der Waals surface area contributed by atoms with E-state index in [1.54, 1.807) is 6.92 Å². The molecular formula is C10H11N3O6. The summed E-state index contributed by atoms with van der Waals surface area (Å²) in [5, 5.41) is 19.1. The Kier molecular flexibility index (Phi) is 4.35. The molecule has 0 fully saturated rings. The molecule has 0 unspecified atom stereocenters. The van der Waals surface area contributed by atoms with Crippen LogP contribution in [0.2, 0.25) is 0 Å². The number of carboxylic acid groups (broad SMARTS) is 1. The fourth-order valence-corrected chi connectivity index (χ4v) is 1.41. The summed E-state index contributed by atoms with van der Waals surface area (Å²) in [5.41, 5.74) is -2.52. The number of aryl methyl sites for hydroxylation is 1. The monoisotopic (exact) mass is 269 g/mol. The predicted molar refractivity (Wildman–Crippen MR) is 64.1 cm³/mol. The third kappa shape index (κ3) is 3.15. The van der Waals surface area contributed by atoms with E-state index in [1.165, 1.54) is 0 Å². The van der Waals surface area contributed by atoms with Gasteiger partial charge in [-0.25, -0.2) is 9.59 Å². The molecule has 0 saturated carbocycles. The Morgan fingerprint density at radius 2 is 2.16 bits per heavy atom. The first-order chi connectivity index (χ1) is 8.88. The van der Waals surface area contributed by atoms with Crippen molar-refractivity contribution in [3.63, 3.8) is 0 Å². The van der Waals surface area contributed by atoms with Gasteiger partial charge >= 0.3 is 22.9 Å². The molecule has 0 spiro atoms. The van der Waals surface area contributed by atoms with E-state index in [2.05, 4.69) is 0 Å². The van der Waals surface area contributed by atoms with Crippen molar-refractivity contribution in [2.45, 2.75) is 20.0 Å². The van der Waals surface area contributed by atoms with Gasteiger partial charge in [0.05, 0.1) is 11.1 Å². The van der Waals surface area contributed by atoms with Gasteiger partial charge in [0, 0.05) is 19.2 Å². The third-order valence-corrected chi connectivity index (χ3v) is 2.30. The molecule has 0 radical (unpaired) electrons. The van der Waals surface area contributed by atoms with E-state index in [4.69, 9.17) is 5.11 Å². The van der Waals surface area contributed by atoms with Gasteiger partial charge in [-0.2, -0.15) is 0 Å². The van der Waals surface area contributed by atoms with Gasteiger partial charge < -0.3 is 5.11 Å². The van der Waals surface area contributed by atoms with Crippen LogP contribution >= 0.6 is 0 Å². The van der Waals surface area contributed by atoms with E-state index in [0.29, 0.717) is 4.57 Å². The summed E-state index contributed by atoms with van der Waals surface area (Å²) in [6.07, 6.45) is 2.69. The Balaban J connectivity index is 3.40. The number of rotatable bonds is 5. The standard InChI is InChI=1S/C10H11N3O6/c1-2-11-6-7(13(18)19)9(16)12(10(11)17)5-3-4-8(14)15/h3-4,6H,2,5H2,1H3,(H,14,15)/b4-3+. The van der Waals surface area contributed by atoms with E-state index in [9.17, 15) is 24.5 Å². The molecule has 0 amide bonds. The van der Waals surface area contributed by atoms with Crippen LogP contribution in [0.3, 0.4) is 0 Å². The summed E-state index contributed by atoms with van der Waals surface area (Å²) in [7, 11) is 0. The quantitative estimate of drug-likeness (QED) is 0.439. The molecule has 9 nitrogen and oxygen atoms in total. The summed E-state index contributed by atoms with van der Waals surface area (Å²) in [4.78, 5) is 43.6. The lowest BCUT2D eigenvalue weighted by atomic mass is 10.4. The highest BCUT2D eigenvalue weighted by Gasteiger charge is 2.18. The van der Waals surface area contributed by atoms with Crippen molar-refractivity contribution in [3.8, 4) is 0 Å². The number of aliphatic carboxylic acids is 1. The minimum Gasteiger partial charge on any atom is -0.478 e. The first-order valence-electron chi connectivity index (χ1n) is 5.26. The Hall–Kier alpha value is -2.71. The van der Waals surface area contributed by atoms with Gasteiger partial charge in [0.1, 0.15) is 0 Å². The Bertz CT molecular complexity index is 654. The van der Waals surface area contributed by atoms with E-state index in [-0.39, 0.29) is 13.1 Å². The van der Waals surface area contributed by atoms with Crippen LogP contribution in [-0.2, 0) is 17.9 Å². The topological polar surface area (TPSA) is 124 Å². The molecule has 0 aliphatic heterocycles. The number of nitrogens with zero attached hydrogens (tertiary/aromatic N) is 3. The van der Waals surface area contributed by atoms with E-state index in [0.717, 1.165) is 22.9 Å². The van der Waals surface area contributed by atoms with Crippen molar-refractivity contribution < 1.29 is 14.8 Å². The predicted octanol–water partition coefficient (Wildman–Crippen LogP) is -0.421. The van der Waals surface area contributed by atoms with Gasteiger partial charge in [0.2, 0.25) is 0 Å². The normalized spacial score (nSPS) is 10.8. The first-order valence-corrected chi connectivity index (χ1v) is 5.26. The van der Waals surface area contributed by atoms with Crippen LogP contribution in [0.15, 0.2) is 27.9 Å². The second kappa shape index (κ2) is 5.76. The van der Waals surface area contributed by atoms with Crippen molar-refractivity contribution in [2.75, 3.05) is 0 Å². The summed E-state index contributed by atoms with van der Waals surface area (Å²) in [5.74, 6) is -1.24. The van der Waals surface area contributed by atoms with Gasteiger partial charge in [-0.3, -0.25) is 24.0 Å². The summed E-state index contributed by atoms with van der Waals surface area (Å²) >= 11 is 0. The second-order valence-corrected chi connectivity index (χ2v) is 3.50. The highest BCUT2D eigenvalue weighted by molar-refractivity contribution is 5.79. The zero-order valence-corrected chi connectivity index (χ0v) is 9.98. The van der Waals surface area contributed by atoms with Gasteiger partial charge in [-0.05, 0) is 6.92 Å². The van der Waals surface area contributed by atoms with Crippen LogP contribution in [0.25, 0.3) is 0 Å². The lowest BCUT2D eigenvalue weighted by Crippen LogP contribution is -2.40. The zero-order valence-electron chi connectivity index (χ0n) is 9.98. The lowest BCUT2D eigenvalue weighted by molar-refractivity contribution is -0.387. The minimum absolute atomic E-state index is 0.155. The van der Waals surface area contributed by atoms with Crippen molar-refractivity contribution in [1.82, 2.24) is 9.13 Å². The summed E-state index contributed by atoms with van der Waals surface area (Å²) in [6, 6.07) is 0. The summed E-state index contributed by atoms with van der Waals surface area (Å²) in [6.45, 7) is 1.40. The fraction of sp³-hybridized carbons (Fsp3) is 0.300. The lowest BCUT2D eigenvalue weighted by Gasteiger charge is -2.06. The zero-order chi connectivity index (χ0) is 14.6. The maximum Gasteiger partial charge on any atom is 0.350 e. The number of hydrogen-bond donors (Lipinski definition) is 1. The van der Waals surface area contributed by atoms with Crippen molar-refractivity contribution in [3.05, 3.63) is 49.3 Å². The van der Waals surface area contributed by atoms with Crippen LogP contribution < -0.4 is 11.2 Å². The largest absolute Gasteiger partial charge is 0.478 e. The number of carbonyl (C=O) groups is 1. The molecule has 102 valence electrons. The smallest absolute Gasteiger partial charge is 0.350 e. The molecule has 0 aliphatic carbocycles. The average Bonchev–Trinajstić information content (AvgIpc) is 2.32. The highest BCUT2D eigenvalue weighted by atomic mass is 16.6. The van der Waals surface area contributed by atoms with E-state index in [1.807, 2.05) is 0 Å². The Labute approximate surface area is 106 Å². The van der Waals surface area contributed by atoms with Crippen LogP contribution in [0.4, 0.5) is 5.69 Å². The van der Waals surface area contributed by atoms with Crippen molar-refractivity contribution in [2.24, 2.45) is 0 Å². The molecule has 0 aliphatic rings. The molecule has 1 rings (SSSR count). The number of nitro groups is 1. The number of hydrogen-bond acceptors (Lipinski definition) is 5. The molecule has 1 aromatic rings. The summed E-state index contributed by atoms with van der Waals surface area (Å²) < 4.78 is 1.62. The van der Waals surface area contributed by atoms with Crippen molar-refractivity contribution >= 4 is 11.7 Å². The Morgan fingerprint density at radius 3 is 2.63 bits per heavy atom. The average molecular weight is 269 g/mol. The first kappa shape index (κ1) is 14.4. The Morgan fingerprint density at radius 1 is 1.53 bits per heavy atom.